The summed E-state index contributed by atoms with van der Waals surface area (Å²) < 4.78 is 23.9. The minimum Gasteiger partial charge on any atom is -0.298 e. The zero-order valence-corrected chi connectivity index (χ0v) is 17.7. The molecule has 0 saturated carbocycles. The first-order valence-corrected chi connectivity index (χ1v) is 11.9. The maximum Gasteiger partial charge on any atom is 0.258 e. The van der Waals surface area contributed by atoms with Gasteiger partial charge >= 0.3 is 0 Å². The van der Waals surface area contributed by atoms with Crippen LogP contribution in [0.5, 0.6) is 0 Å². The number of hydrogen-bond acceptors (Lipinski definition) is 5. The molecule has 0 fully saturated rings. The Morgan fingerprint density at radius 3 is 2.13 bits per heavy atom. The van der Waals surface area contributed by atoms with Crippen LogP contribution in [-0.2, 0) is 9.84 Å². The van der Waals surface area contributed by atoms with E-state index in [4.69, 9.17) is 0 Å². The predicted molar refractivity (Wildman–Crippen MR) is 120 cm³/mol. The van der Waals surface area contributed by atoms with Gasteiger partial charge in [0.15, 0.2) is 15.0 Å². The number of nitrogens with one attached hydrogen (secondary N) is 1. The molecule has 4 rings (SSSR count). The van der Waals surface area contributed by atoms with Crippen molar-refractivity contribution >= 4 is 32.2 Å². The van der Waals surface area contributed by atoms with Gasteiger partial charge in [-0.1, -0.05) is 66.7 Å². The number of carbonyl (C=O) groups excluding carboxylic acids is 1. The van der Waals surface area contributed by atoms with Crippen molar-refractivity contribution in [1.82, 2.24) is 4.98 Å². The van der Waals surface area contributed by atoms with Gasteiger partial charge in [0, 0.05) is 17.2 Å². The maximum absolute atomic E-state index is 12.6. The van der Waals surface area contributed by atoms with Gasteiger partial charge in [-0.05, 0) is 23.3 Å². The van der Waals surface area contributed by atoms with E-state index in [0.29, 0.717) is 5.13 Å². The van der Waals surface area contributed by atoms with Crippen molar-refractivity contribution < 1.29 is 13.2 Å². The first-order valence-electron chi connectivity index (χ1n) is 9.13. The molecule has 7 heteroatoms. The van der Waals surface area contributed by atoms with Crippen LogP contribution in [0.2, 0.25) is 0 Å². The number of amides is 1. The summed E-state index contributed by atoms with van der Waals surface area (Å²) in [6.45, 7) is 0. The van der Waals surface area contributed by atoms with Crippen LogP contribution < -0.4 is 5.32 Å². The molecule has 0 unspecified atom stereocenters. The lowest BCUT2D eigenvalue weighted by atomic mass is 10.0. The summed E-state index contributed by atoms with van der Waals surface area (Å²) in [4.78, 5) is 17.1. The standard InChI is InChI=1S/C23H18N2O3S2/c1-30(27,28)21-10-6-5-9-19(21)22(26)25-23-24-20(15-29-23)18-13-11-17(12-14-18)16-7-3-2-4-8-16/h2-15H,1H3,(H,24,25,26). The van der Waals surface area contributed by atoms with Gasteiger partial charge in [0.25, 0.3) is 5.91 Å². The molecule has 4 aromatic rings. The number of sulfone groups is 1. The lowest BCUT2D eigenvalue weighted by Gasteiger charge is -2.07. The average Bonchev–Trinajstić information content (AvgIpc) is 3.22. The molecule has 0 aliphatic carbocycles. The largest absolute Gasteiger partial charge is 0.298 e. The van der Waals surface area contributed by atoms with E-state index in [1.807, 2.05) is 47.8 Å². The van der Waals surface area contributed by atoms with Crippen LogP contribution in [0.3, 0.4) is 0 Å². The molecule has 0 radical (unpaired) electrons. The average molecular weight is 435 g/mol. The monoisotopic (exact) mass is 434 g/mol. The van der Waals surface area contributed by atoms with E-state index in [0.717, 1.165) is 28.6 Å². The second-order valence-electron chi connectivity index (χ2n) is 6.70. The Kier molecular flexibility index (Phi) is 5.48. The maximum atomic E-state index is 12.6. The van der Waals surface area contributed by atoms with Gasteiger partial charge in [-0.3, -0.25) is 10.1 Å². The van der Waals surface area contributed by atoms with E-state index in [9.17, 15) is 13.2 Å². The molecule has 3 aromatic carbocycles. The van der Waals surface area contributed by atoms with Crippen LogP contribution >= 0.6 is 11.3 Å². The summed E-state index contributed by atoms with van der Waals surface area (Å²) in [6.07, 6.45) is 1.08. The van der Waals surface area contributed by atoms with Crippen LogP contribution in [0.1, 0.15) is 10.4 Å². The van der Waals surface area contributed by atoms with E-state index in [2.05, 4.69) is 22.4 Å². The summed E-state index contributed by atoms with van der Waals surface area (Å²) in [5, 5.41) is 4.97. The Balaban J connectivity index is 1.53. The van der Waals surface area contributed by atoms with Crippen molar-refractivity contribution in [2.75, 3.05) is 11.6 Å². The molecule has 30 heavy (non-hydrogen) atoms. The number of benzene rings is 3. The molecule has 0 aliphatic heterocycles. The molecule has 5 nitrogen and oxygen atoms in total. The molecule has 1 heterocycles. The van der Waals surface area contributed by atoms with Crippen molar-refractivity contribution in [2.24, 2.45) is 0 Å². The summed E-state index contributed by atoms with van der Waals surface area (Å²) in [6, 6.07) is 24.3. The van der Waals surface area contributed by atoms with Gasteiger partial charge in [-0.25, -0.2) is 13.4 Å². The third-order valence-electron chi connectivity index (χ3n) is 4.54. The highest BCUT2D eigenvalue weighted by molar-refractivity contribution is 7.90. The molecule has 1 amide bonds. The van der Waals surface area contributed by atoms with Gasteiger partial charge in [0.1, 0.15) is 0 Å². The number of thiazole rings is 1. The van der Waals surface area contributed by atoms with E-state index >= 15 is 0 Å². The Bertz CT molecular complexity index is 1300. The summed E-state index contributed by atoms with van der Waals surface area (Å²) in [5.74, 6) is -0.503. The zero-order chi connectivity index (χ0) is 21.1. The van der Waals surface area contributed by atoms with Crippen molar-refractivity contribution in [3.63, 3.8) is 0 Å². The molecule has 0 saturated heterocycles. The summed E-state index contributed by atoms with van der Waals surface area (Å²) in [5.41, 5.74) is 4.03. The fourth-order valence-corrected chi connectivity index (χ4v) is 4.67. The van der Waals surface area contributed by atoms with E-state index in [1.165, 1.54) is 23.5 Å². The van der Waals surface area contributed by atoms with Crippen LogP contribution in [0.15, 0.2) is 89.1 Å². The first-order chi connectivity index (χ1) is 14.4. The number of hydrogen-bond donors (Lipinski definition) is 1. The number of aromatic nitrogens is 1. The van der Waals surface area contributed by atoms with Crippen LogP contribution in [0.25, 0.3) is 22.4 Å². The Morgan fingerprint density at radius 2 is 1.43 bits per heavy atom. The number of nitrogens with zero attached hydrogens (tertiary/aromatic N) is 1. The second-order valence-corrected chi connectivity index (χ2v) is 9.55. The number of anilines is 1. The van der Waals surface area contributed by atoms with E-state index in [1.54, 1.807) is 12.1 Å². The SMILES string of the molecule is CS(=O)(=O)c1ccccc1C(=O)Nc1nc(-c2ccc(-c3ccccc3)cc2)cs1. The molecule has 150 valence electrons. The lowest BCUT2D eigenvalue weighted by Crippen LogP contribution is -2.15. The van der Waals surface area contributed by atoms with Crippen molar-refractivity contribution in [3.05, 3.63) is 89.8 Å². The molecule has 1 N–H and O–H groups in total. The third-order valence-corrected chi connectivity index (χ3v) is 6.46. The van der Waals surface area contributed by atoms with Crippen LogP contribution in [-0.4, -0.2) is 25.6 Å². The molecule has 0 atom stereocenters. The third kappa shape index (κ3) is 4.32. The minimum atomic E-state index is -3.51. The van der Waals surface area contributed by atoms with Crippen molar-refractivity contribution in [2.45, 2.75) is 4.90 Å². The number of rotatable bonds is 5. The quantitative estimate of drug-likeness (QED) is 0.472. The second kappa shape index (κ2) is 8.22. The zero-order valence-electron chi connectivity index (χ0n) is 16.1. The van der Waals surface area contributed by atoms with Gasteiger partial charge in [-0.2, -0.15) is 0 Å². The Hall–Kier alpha value is -3.29. The van der Waals surface area contributed by atoms with E-state index in [-0.39, 0.29) is 10.5 Å². The number of carbonyl (C=O) groups is 1. The fraction of sp³-hybridized carbons (Fsp3) is 0.0435. The summed E-state index contributed by atoms with van der Waals surface area (Å²) in [7, 11) is -3.51. The lowest BCUT2D eigenvalue weighted by molar-refractivity contribution is 0.102. The van der Waals surface area contributed by atoms with Crippen molar-refractivity contribution in [3.8, 4) is 22.4 Å². The van der Waals surface area contributed by atoms with E-state index < -0.39 is 15.7 Å². The molecule has 0 aliphatic rings. The highest BCUT2D eigenvalue weighted by atomic mass is 32.2. The minimum absolute atomic E-state index is 0.00391. The van der Waals surface area contributed by atoms with Gasteiger partial charge in [0.05, 0.1) is 16.2 Å². The van der Waals surface area contributed by atoms with Crippen LogP contribution in [0.4, 0.5) is 5.13 Å². The fourth-order valence-electron chi connectivity index (χ4n) is 3.07. The predicted octanol–water partition coefficient (Wildman–Crippen LogP) is 5.13. The molecule has 0 bridgehead atoms. The molecular formula is C23H18N2O3S2. The molecule has 1 aromatic heterocycles. The summed E-state index contributed by atoms with van der Waals surface area (Å²) >= 11 is 1.29. The van der Waals surface area contributed by atoms with Crippen molar-refractivity contribution in [1.29, 1.82) is 0 Å². The Morgan fingerprint density at radius 1 is 0.833 bits per heavy atom. The normalized spacial score (nSPS) is 11.2. The molecule has 0 spiro atoms. The first kappa shape index (κ1) is 20.0. The highest BCUT2D eigenvalue weighted by Crippen LogP contribution is 2.28. The smallest absolute Gasteiger partial charge is 0.258 e. The van der Waals surface area contributed by atoms with Gasteiger partial charge in [-0.15, -0.1) is 11.3 Å². The van der Waals surface area contributed by atoms with Gasteiger partial charge < -0.3 is 0 Å². The highest BCUT2D eigenvalue weighted by Gasteiger charge is 2.19. The molecular weight excluding hydrogens is 416 g/mol. The Labute approximate surface area is 179 Å². The van der Waals surface area contributed by atoms with Crippen LogP contribution in [0, 0.1) is 0 Å². The topological polar surface area (TPSA) is 76.1 Å². The van der Waals surface area contributed by atoms with Gasteiger partial charge in [0.2, 0.25) is 0 Å².